The predicted molar refractivity (Wildman–Crippen MR) is 70.2 cm³/mol. The Hall–Kier alpha value is -1.33. The average Bonchev–Trinajstić information content (AvgIpc) is 2.33. The first-order valence-electron chi connectivity index (χ1n) is 6.12. The van der Waals surface area contributed by atoms with Crippen molar-refractivity contribution >= 4 is 0 Å². The molecule has 0 fully saturated rings. The molecule has 0 aliphatic carbocycles. The van der Waals surface area contributed by atoms with Crippen LogP contribution < -0.4 is 5.32 Å². The minimum Gasteiger partial charge on any atom is -0.310 e. The van der Waals surface area contributed by atoms with Crippen molar-refractivity contribution in [2.45, 2.75) is 39.2 Å². The highest BCUT2D eigenvalue weighted by Gasteiger charge is 2.14. The molecule has 0 heterocycles. The molecule has 0 saturated carbocycles. The molecule has 1 aromatic carbocycles. The van der Waals surface area contributed by atoms with Gasteiger partial charge in [-0.3, -0.25) is 0 Å². The molecule has 0 bridgehead atoms. The molecule has 0 aliphatic rings. The van der Waals surface area contributed by atoms with E-state index in [1.807, 2.05) is 13.0 Å². The van der Waals surface area contributed by atoms with Crippen molar-refractivity contribution in [3.63, 3.8) is 0 Å². The van der Waals surface area contributed by atoms with E-state index in [1.165, 1.54) is 6.07 Å². The number of hydrogen-bond acceptors (Lipinski definition) is 1. The van der Waals surface area contributed by atoms with Crippen molar-refractivity contribution in [3.8, 4) is 12.3 Å². The van der Waals surface area contributed by atoms with Gasteiger partial charge in [0.05, 0.1) is 0 Å². The van der Waals surface area contributed by atoms with Gasteiger partial charge >= 0.3 is 0 Å². The highest BCUT2D eigenvalue weighted by Crippen LogP contribution is 2.22. The zero-order valence-corrected chi connectivity index (χ0v) is 10.6. The maximum absolute atomic E-state index is 13.8. The number of nitrogens with one attached hydrogen (secondary N) is 1. The van der Waals surface area contributed by atoms with Gasteiger partial charge in [-0.25, -0.2) is 4.39 Å². The lowest BCUT2D eigenvalue weighted by molar-refractivity contribution is 0.478. The Bertz CT molecular complexity index is 392. The van der Waals surface area contributed by atoms with Crippen LogP contribution in [0, 0.1) is 25.1 Å². The van der Waals surface area contributed by atoms with Crippen LogP contribution in [0.2, 0.25) is 0 Å². The monoisotopic (exact) mass is 233 g/mol. The lowest BCUT2D eigenvalue weighted by Crippen LogP contribution is -2.23. The van der Waals surface area contributed by atoms with Crippen molar-refractivity contribution in [2.75, 3.05) is 6.54 Å². The van der Waals surface area contributed by atoms with Gasteiger partial charge in [-0.15, -0.1) is 12.3 Å². The van der Waals surface area contributed by atoms with Crippen LogP contribution in [0.3, 0.4) is 0 Å². The van der Waals surface area contributed by atoms with Gasteiger partial charge < -0.3 is 5.32 Å². The van der Waals surface area contributed by atoms with Gasteiger partial charge in [-0.05, 0) is 32.4 Å². The second-order valence-electron chi connectivity index (χ2n) is 4.27. The fraction of sp³-hybridized carbons (Fsp3) is 0.467. The second kappa shape index (κ2) is 7.09. The quantitative estimate of drug-likeness (QED) is 0.740. The van der Waals surface area contributed by atoms with Crippen LogP contribution >= 0.6 is 0 Å². The second-order valence-corrected chi connectivity index (χ2v) is 4.27. The van der Waals surface area contributed by atoms with E-state index in [0.717, 1.165) is 30.5 Å². The molecule has 1 atom stereocenters. The molecule has 0 saturated heterocycles. The Kier molecular flexibility index (Phi) is 5.72. The van der Waals surface area contributed by atoms with Crippen LogP contribution in [0.25, 0.3) is 0 Å². The minimum atomic E-state index is -0.152. The van der Waals surface area contributed by atoms with Gasteiger partial charge in [0.1, 0.15) is 5.82 Å². The lowest BCUT2D eigenvalue weighted by atomic mass is 9.99. The predicted octanol–water partition coefficient (Wildman–Crippen LogP) is 3.59. The van der Waals surface area contributed by atoms with Crippen molar-refractivity contribution in [3.05, 3.63) is 35.1 Å². The molecule has 1 unspecified atom stereocenters. The summed E-state index contributed by atoms with van der Waals surface area (Å²) in [5.41, 5.74) is 1.80. The van der Waals surface area contributed by atoms with Crippen LogP contribution in [0.4, 0.5) is 4.39 Å². The van der Waals surface area contributed by atoms with Gasteiger partial charge in [0, 0.05) is 18.0 Å². The van der Waals surface area contributed by atoms with Gasteiger partial charge in [0.15, 0.2) is 0 Å². The molecule has 0 aromatic heterocycles. The summed E-state index contributed by atoms with van der Waals surface area (Å²) >= 11 is 0. The molecule has 2 heteroatoms. The number of halogens is 1. The van der Waals surface area contributed by atoms with E-state index < -0.39 is 0 Å². The number of rotatable bonds is 6. The molecule has 1 nitrogen and oxygen atoms in total. The molecule has 17 heavy (non-hydrogen) atoms. The van der Waals surface area contributed by atoms with Crippen LogP contribution in [0.5, 0.6) is 0 Å². The van der Waals surface area contributed by atoms with E-state index in [0.29, 0.717) is 6.42 Å². The van der Waals surface area contributed by atoms with E-state index in [-0.39, 0.29) is 11.9 Å². The Morgan fingerprint density at radius 2 is 2.24 bits per heavy atom. The Labute approximate surface area is 103 Å². The maximum atomic E-state index is 13.8. The molecule has 1 rings (SSSR count). The summed E-state index contributed by atoms with van der Waals surface area (Å²) < 4.78 is 13.8. The smallest absolute Gasteiger partial charge is 0.127 e. The summed E-state index contributed by atoms with van der Waals surface area (Å²) in [4.78, 5) is 0. The topological polar surface area (TPSA) is 12.0 Å². The molecule has 1 aromatic rings. The number of hydrogen-bond donors (Lipinski definition) is 1. The largest absolute Gasteiger partial charge is 0.310 e. The van der Waals surface area contributed by atoms with E-state index in [9.17, 15) is 4.39 Å². The average molecular weight is 233 g/mol. The molecule has 1 N–H and O–H groups in total. The van der Waals surface area contributed by atoms with Gasteiger partial charge in [0.2, 0.25) is 0 Å². The lowest BCUT2D eigenvalue weighted by Gasteiger charge is -2.19. The Morgan fingerprint density at radius 3 is 2.88 bits per heavy atom. The van der Waals surface area contributed by atoms with E-state index >= 15 is 0 Å². The minimum absolute atomic E-state index is 0.0194. The summed E-state index contributed by atoms with van der Waals surface area (Å²) in [5.74, 6) is 2.46. The van der Waals surface area contributed by atoms with Crippen LogP contribution in [-0.2, 0) is 0 Å². The Morgan fingerprint density at radius 1 is 1.47 bits per heavy atom. The highest BCUT2D eigenvalue weighted by molar-refractivity contribution is 5.27. The standard InChI is InChI=1S/C15H20FN/c1-4-6-7-15(17-10-5-2)13-11-12(3)8-9-14(13)16/h1,8-9,11,15,17H,5-7,10H2,2-3H3. The van der Waals surface area contributed by atoms with E-state index in [4.69, 9.17) is 6.42 Å². The van der Waals surface area contributed by atoms with Crippen molar-refractivity contribution in [2.24, 2.45) is 0 Å². The molecule has 0 radical (unpaired) electrons. The number of terminal acetylenes is 1. The molecule has 92 valence electrons. The number of aryl methyl sites for hydroxylation is 1. The van der Waals surface area contributed by atoms with Crippen LogP contribution in [0.1, 0.15) is 43.4 Å². The molecular weight excluding hydrogens is 213 g/mol. The molecular formula is C15H20FN. The van der Waals surface area contributed by atoms with Crippen molar-refractivity contribution in [1.29, 1.82) is 0 Å². The summed E-state index contributed by atoms with van der Waals surface area (Å²) in [7, 11) is 0. The van der Waals surface area contributed by atoms with Crippen LogP contribution in [-0.4, -0.2) is 6.54 Å². The normalized spacial score (nSPS) is 12.1. The summed E-state index contributed by atoms with van der Waals surface area (Å²) in [6, 6.07) is 5.24. The van der Waals surface area contributed by atoms with Crippen molar-refractivity contribution < 1.29 is 4.39 Å². The molecule has 0 spiro atoms. The third-order valence-electron chi connectivity index (χ3n) is 2.75. The van der Waals surface area contributed by atoms with Gasteiger partial charge in [-0.2, -0.15) is 0 Å². The van der Waals surface area contributed by atoms with Crippen LogP contribution in [0.15, 0.2) is 18.2 Å². The first-order chi connectivity index (χ1) is 8.19. The Balaban J connectivity index is 2.86. The first-order valence-corrected chi connectivity index (χ1v) is 6.12. The summed E-state index contributed by atoms with van der Waals surface area (Å²) in [6.45, 7) is 4.95. The van der Waals surface area contributed by atoms with Gasteiger partial charge in [0.25, 0.3) is 0 Å². The first kappa shape index (κ1) is 13.7. The fourth-order valence-electron chi connectivity index (χ4n) is 1.84. The van der Waals surface area contributed by atoms with E-state index in [1.54, 1.807) is 6.07 Å². The SMILES string of the molecule is C#CCCC(NCCC)c1cc(C)ccc1F. The zero-order chi connectivity index (χ0) is 12.7. The third kappa shape index (κ3) is 4.20. The summed E-state index contributed by atoms with van der Waals surface area (Å²) in [6.07, 6.45) is 7.74. The maximum Gasteiger partial charge on any atom is 0.127 e. The molecule has 0 aliphatic heterocycles. The highest BCUT2D eigenvalue weighted by atomic mass is 19.1. The van der Waals surface area contributed by atoms with E-state index in [2.05, 4.69) is 18.2 Å². The third-order valence-corrected chi connectivity index (χ3v) is 2.75. The summed E-state index contributed by atoms with van der Waals surface area (Å²) in [5, 5.41) is 3.35. The fourth-order valence-corrected chi connectivity index (χ4v) is 1.84. The zero-order valence-electron chi connectivity index (χ0n) is 10.6. The van der Waals surface area contributed by atoms with Crippen molar-refractivity contribution in [1.82, 2.24) is 5.32 Å². The molecule has 0 amide bonds. The number of benzene rings is 1. The van der Waals surface area contributed by atoms with Gasteiger partial charge in [-0.1, -0.05) is 24.6 Å².